The van der Waals surface area contributed by atoms with Crippen LogP contribution in [0, 0.1) is 6.92 Å². The minimum atomic E-state index is -0.371. The van der Waals surface area contributed by atoms with E-state index in [-0.39, 0.29) is 16.7 Å². The number of benzene rings is 2. The Hall–Kier alpha value is -3.13. The second-order valence-corrected chi connectivity index (χ2v) is 8.27. The number of nitrogens with one attached hydrogen (secondary N) is 1. The molecule has 2 aromatic carbocycles. The fourth-order valence-corrected chi connectivity index (χ4v) is 4.02. The van der Waals surface area contributed by atoms with E-state index in [1.165, 1.54) is 21.9 Å². The smallest absolute Gasteiger partial charge is 0.262 e. The number of para-hydroxylation sites is 1. The van der Waals surface area contributed by atoms with Crippen LogP contribution in [0.3, 0.4) is 0 Å². The highest BCUT2D eigenvalue weighted by Gasteiger charge is 2.20. The molecule has 0 saturated heterocycles. The molecule has 148 valence electrons. The largest absolute Gasteiger partial charge is 0.351 e. The Bertz CT molecular complexity index is 1260. The molecule has 0 aliphatic rings. The van der Waals surface area contributed by atoms with Gasteiger partial charge in [-0.2, -0.15) is 0 Å². The van der Waals surface area contributed by atoms with Gasteiger partial charge in [-0.3, -0.25) is 18.6 Å². The maximum Gasteiger partial charge on any atom is 0.262 e. The zero-order chi connectivity index (χ0) is 20.5. The van der Waals surface area contributed by atoms with Gasteiger partial charge in [0.05, 0.1) is 16.2 Å². The van der Waals surface area contributed by atoms with Crippen molar-refractivity contribution in [3.8, 4) is 0 Å². The number of hydrogen-bond donors (Lipinski definition) is 1. The number of nitrogens with zero attached hydrogens (tertiary/aromatic N) is 4. The highest BCUT2D eigenvalue weighted by atomic mass is 32.2. The predicted molar refractivity (Wildman–Crippen MR) is 114 cm³/mol. The summed E-state index contributed by atoms with van der Waals surface area (Å²) in [5.41, 5.74) is 2.84. The molecule has 4 rings (SSSR count). The van der Waals surface area contributed by atoms with E-state index in [4.69, 9.17) is 0 Å². The van der Waals surface area contributed by atoms with Crippen molar-refractivity contribution < 1.29 is 4.79 Å². The molecule has 0 fully saturated rings. The van der Waals surface area contributed by atoms with E-state index in [1.54, 1.807) is 13.1 Å². The molecule has 4 aromatic rings. The Balaban J connectivity index is 1.58. The van der Waals surface area contributed by atoms with Crippen molar-refractivity contribution in [3.05, 3.63) is 70.0 Å². The molecule has 1 atom stereocenters. The molecule has 29 heavy (non-hydrogen) atoms. The van der Waals surface area contributed by atoms with E-state index in [1.807, 2.05) is 60.7 Å². The van der Waals surface area contributed by atoms with Gasteiger partial charge in [-0.15, -0.1) is 10.2 Å². The number of rotatable bonds is 5. The van der Waals surface area contributed by atoms with Crippen molar-refractivity contribution >= 4 is 34.3 Å². The second-order valence-electron chi connectivity index (χ2n) is 6.96. The first-order chi connectivity index (χ1) is 14.0. The van der Waals surface area contributed by atoms with Gasteiger partial charge >= 0.3 is 0 Å². The summed E-state index contributed by atoms with van der Waals surface area (Å²) in [6.07, 6.45) is 0. The Morgan fingerprint density at radius 2 is 1.86 bits per heavy atom. The maximum absolute atomic E-state index is 12.6. The van der Waals surface area contributed by atoms with Crippen LogP contribution in [-0.4, -0.2) is 30.3 Å². The van der Waals surface area contributed by atoms with E-state index in [9.17, 15) is 9.59 Å². The Labute approximate surface area is 171 Å². The zero-order valence-corrected chi connectivity index (χ0v) is 17.2. The van der Waals surface area contributed by atoms with Gasteiger partial charge in [0.15, 0.2) is 5.16 Å². The fourth-order valence-electron chi connectivity index (χ4n) is 3.14. The molecule has 2 aromatic heterocycles. The third-order valence-corrected chi connectivity index (χ3v) is 5.88. The van der Waals surface area contributed by atoms with E-state index >= 15 is 0 Å². The monoisotopic (exact) mass is 407 g/mol. The van der Waals surface area contributed by atoms with E-state index < -0.39 is 0 Å². The number of carbonyl (C=O) groups excluding carboxylic acids is 1. The molecule has 0 aliphatic carbocycles. The summed E-state index contributed by atoms with van der Waals surface area (Å²) >= 11 is 1.32. The number of hydrogen-bond acceptors (Lipinski definition) is 5. The van der Waals surface area contributed by atoms with Crippen molar-refractivity contribution in [3.63, 3.8) is 0 Å². The van der Waals surface area contributed by atoms with Crippen LogP contribution in [0.15, 0.2) is 58.5 Å². The van der Waals surface area contributed by atoms with Gasteiger partial charge in [-0.25, -0.2) is 0 Å². The van der Waals surface area contributed by atoms with Crippen LogP contribution in [0.1, 0.15) is 18.1 Å². The van der Waals surface area contributed by atoms with Crippen molar-refractivity contribution in [2.45, 2.75) is 30.8 Å². The summed E-state index contributed by atoms with van der Waals surface area (Å²) in [7, 11) is 1.67. The number of fused-ring (bicyclic) bond motifs is 3. The van der Waals surface area contributed by atoms with Crippen LogP contribution in [0.25, 0.3) is 16.7 Å². The Morgan fingerprint density at radius 1 is 1.14 bits per heavy atom. The van der Waals surface area contributed by atoms with Crippen molar-refractivity contribution in [2.24, 2.45) is 7.05 Å². The normalized spacial score (nSPS) is 12.4. The summed E-state index contributed by atoms with van der Waals surface area (Å²) in [5.74, 6) is 0.366. The van der Waals surface area contributed by atoms with Crippen molar-refractivity contribution in [1.29, 1.82) is 0 Å². The molecule has 1 amide bonds. The lowest BCUT2D eigenvalue weighted by atomic mass is 10.1. The standard InChI is InChI=1S/C21H21N5O2S/c1-13-8-10-15(11-9-13)12-22-18(27)14(2)29-21-24-23-20-25(3)19(28)16-6-4-5-7-17(16)26(20)21/h4-11,14H,12H2,1-3H3,(H,22,27). The van der Waals surface area contributed by atoms with Crippen LogP contribution in [0.2, 0.25) is 0 Å². The van der Waals surface area contributed by atoms with Crippen molar-refractivity contribution in [1.82, 2.24) is 24.5 Å². The first-order valence-electron chi connectivity index (χ1n) is 9.28. The number of aromatic nitrogens is 4. The highest BCUT2D eigenvalue weighted by Crippen LogP contribution is 2.25. The average Bonchev–Trinajstić information content (AvgIpc) is 3.15. The molecular weight excluding hydrogens is 386 g/mol. The minimum absolute atomic E-state index is 0.0820. The minimum Gasteiger partial charge on any atom is -0.351 e. The highest BCUT2D eigenvalue weighted by molar-refractivity contribution is 8.00. The van der Waals surface area contributed by atoms with Gasteiger partial charge in [-0.05, 0) is 31.5 Å². The van der Waals surface area contributed by atoms with E-state index in [0.29, 0.717) is 22.9 Å². The third kappa shape index (κ3) is 3.63. The molecule has 2 heterocycles. The van der Waals surface area contributed by atoms with Gasteiger partial charge < -0.3 is 5.32 Å². The first kappa shape index (κ1) is 19.2. The molecule has 8 heteroatoms. The van der Waals surface area contributed by atoms with E-state index in [0.717, 1.165) is 11.1 Å². The van der Waals surface area contributed by atoms with Crippen molar-refractivity contribution in [2.75, 3.05) is 0 Å². The number of thioether (sulfide) groups is 1. The van der Waals surface area contributed by atoms with Gasteiger partial charge in [0.2, 0.25) is 11.7 Å². The summed E-state index contributed by atoms with van der Waals surface area (Å²) in [6.45, 7) is 4.34. The summed E-state index contributed by atoms with van der Waals surface area (Å²) in [4.78, 5) is 25.1. The number of amides is 1. The van der Waals surface area contributed by atoms with Crippen LogP contribution in [0.4, 0.5) is 0 Å². The molecule has 0 radical (unpaired) electrons. The van der Waals surface area contributed by atoms with Gasteiger partial charge in [0.1, 0.15) is 0 Å². The molecule has 0 aliphatic heterocycles. The first-order valence-corrected chi connectivity index (χ1v) is 10.2. The van der Waals surface area contributed by atoms with Gasteiger partial charge in [0, 0.05) is 13.6 Å². The zero-order valence-electron chi connectivity index (χ0n) is 16.4. The molecule has 1 N–H and O–H groups in total. The molecule has 1 unspecified atom stereocenters. The lowest BCUT2D eigenvalue weighted by molar-refractivity contribution is -0.120. The summed E-state index contributed by atoms with van der Waals surface area (Å²) in [6, 6.07) is 15.4. The average molecular weight is 407 g/mol. The van der Waals surface area contributed by atoms with Gasteiger partial charge in [-0.1, -0.05) is 53.7 Å². The molecular formula is C21H21N5O2S. The Morgan fingerprint density at radius 3 is 2.62 bits per heavy atom. The van der Waals surface area contributed by atoms with Crippen LogP contribution in [0.5, 0.6) is 0 Å². The summed E-state index contributed by atoms with van der Waals surface area (Å²) < 4.78 is 3.30. The van der Waals surface area contributed by atoms with Gasteiger partial charge in [0.25, 0.3) is 5.56 Å². The number of aryl methyl sites for hydroxylation is 2. The molecule has 7 nitrogen and oxygen atoms in total. The molecule has 0 saturated carbocycles. The van der Waals surface area contributed by atoms with Crippen LogP contribution < -0.4 is 10.9 Å². The topological polar surface area (TPSA) is 81.3 Å². The SMILES string of the molecule is Cc1ccc(CNC(=O)C(C)Sc2nnc3n(C)c(=O)c4ccccc4n23)cc1. The summed E-state index contributed by atoms with van der Waals surface area (Å²) in [5, 5.41) is 12.2. The molecule has 0 bridgehead atoms. The quantitative estimate of drug-likeness (QED) is 0.515. The fraction of sp³-hybridized carbons (Fsp3) is 0.238. The lowest BCUT2D eigenvalue weighted by Gasteiger charge is -2.12. The van der Waals surface area contributed by atoms with E-state index in [2.05, 4.69) is 15.5 Å². The maximum atomic E-state index is 12.6. The van der Waals surface area contributed by atoms with Crippen LogP contribution >= 0.6 is 11.8 Å². The number of carbonyl (C=O) groups is 1. The third-order valence-electron chi connectivity index (χ3n) is 4.84. The Kier molecular flexibility index (Phi) is 5.10. The molecule has 0 spiro atoms. The van der Waals surface area contributed by atoms with Crippen LogP contribution in [-0.2, 0) is 18.4 Å². The lowest BCUT2D eigenvalue weighted by Crippen LogP contribution is -2.30. The predicted octanol–water partition coefficient (Wildman–Crippen LogP) is 2.69. The second kappa shape index (κ2) is 7.71.